The SMILES string of the molecule is CC(=O)N1CSC[C@H]1C(=O)N1CCc2nnc(N(C)C)cc2C1. The van der Waals surface area contributed by atoms with Gasteiger partial charge >= 0.3 is 0 Å². The lowest BCUT2D eigenvalue weighted by molar-refractivity contribution is -0.143. The maximum Gasteiger partial charge on any atom is 0.246 e. The van der Waals surface area contributed by atoms with Crippen molar-refractivity contribution in [2.24, 2.45) is 0 Å². The molecule has 124 valence electrons. The molecule has 1 fully saturated rings. The van der Waals surface area contributed by atoms with Crippen LogP contribution in [-0.4, -0.2) is 70.1 Å². The number of aromatic nitrogens is 2. The molecule has 0 bridgehead atoms. The van der Waals surface area contributed by atoms with Crippen LogP contribution in [0, 0.1) is 0 Å². The highest BCUT2D eigenvalue weighted by Crippen LogP contribution is 2.25. The lowest BCUT2D eigenvalue weighted by atomic mass is 10.1. The van der Waals surface area contributed by atoms with Crippen LogP contribution >= 0.6 is 11.8 Å². The number of hydrogen-bond donors (Lipinski definition) is 0. The van der Waals surface area contributed by atoms with E-state index in [1.807, 2.05) is 30.0 Å². The lowest BCUT2D eigenvalue weighted by Gasteiger charge is -2.32. The third-order valence-electron chi connectivity index (χ3n) is 4.27. The predicted molar refractivity (Wildman–Crippen MR) is 89.1 cm³/mol. The maximum atomic E-state index is 12.8. The molecule has 2 amide bonds. The molecule has 0 unspecified atom stereocenters. The van der Waals surface area contributed by atoms with Crippen LogP contribution in [0.25, 0.3) is 0 Å². The van der Waals surface area contributed by atoms with Crippen LogP contribution < -0.4 is 4.90 Å². The molecule has 0 saturated carbocycles. The van der Waals surface area contributed by atoms with Crippen LogP contribution in [0.5, 0.6) is 0 Å². The number of fused-ring (bicyclic) bond motifs is 1. The van der Waals surface area contributed by atoms with Gasteiger partial charge < -0.3 is 14.7 Å². The van der Waals surface area contributed by atoms with Crippen LogP contribution in [0.15, 0.2) is 6.07 Å². The van der Waals surface area contributed by atoms with Gasteiger partial charge in [0.05, 0.1) is 11.6 Å². The standard InChI is InChI=1S/C15H21N5O2S/c1-10(21)20-9-23-8-13(20)15(22)19-5-4-12-11(7-19)6-14(17-16-12)18(2)3/h6,13H,4-5,7-9H2,1-3H3/t13-/m0/s1. The van der Waals surface area contributed by atoms with E-state index in [1.165, 1.54) is 6.92 Å². The zero-order valence-electron chi connectivity index (χ0n) is 13.7. The highest BCUT2D eigenvalue weighted by atomic mass is 32.2. The molecule has 1 aromatic rings. The van der Waals surface area contributed by atoms with Crippen molar-refractivity contribution in [1.29, 1.82) is 0 Å². The van der Waals surface area contributed by atoms with Gasteiger partial charge in [-0.15, -0.1) is 16.9 Å². The molecule has 3 heterocycles. The van der Waals surface area contributed by atoms with Crippen LogP contribution in [-0.2, 0) is 22.6 Å². The minimum absolute atomic E-state index is 0.0356. The molecular formula is C15H21N5O2S. The minimum Gasteiger partial charge on any atom is -0.361 e. The fraction of sp³-hybridized carbons (Fsp3) is 0.600. The Labute approximate surface area is 140 Å². The van der Waals surface area contributed by atoms with Crippen LogP contribution in [0.1, 0.15) is 18.2 Å². The summed E-state index contributed by atoms with van der Waals surface area (Å²) < 4.78 is 0. The van der Waals surface area contributed by atoms with Gasteiger partial charge in [0.2, 0.25) is 11.8 Å². The fourth-order valence-corrected chi connectivity index (χ4v) is 4.10. The van der Waals surface area contributed by atoms with Crippen molar-refractivity contribution in [3.05, 3.63) is 17.3 Å². The number of carbonyl (C=O) groups excluding carboxylic acids is 2. The molecular weight excluding hydrogens is 314 g/mol. The van der Waals surface area contributed by atoms with Crippen LogP contribution in [0.2, 0.25) is 0 Å². The molecule has 0 aromatic carbocycles. The highest BCUT2D eigenvalue weighted by Gasteiger charge is 2.36. The molecule has 2 aliphatic rings. The second kappa shape index (κ2) is 6.35. The number of rotatable bonds is 2. The summed E-state index contributed by atoms with van der Waals surface area (Å²) in [7, 11) is 3.84. The summed E-state index contributed by atoms with van der Waals surface area (Å²) in [6, 6.07) is 1.66. The maximum absolute atomic E-state index is 12.8. The highest BCUT2D eigenvalue weighted by molar-refractivity contribution is 7.99. The third-order valence-corrected chi connectivity index (χ3v) is 5.28. The Morgan fingerprint density at radius 1 is 1.35 bits per heavy atom. The minimum atomic E-state index is -0.331. The van der Waals surface area contributed by atoms with Crippen molar-refractivity contribution in [2.75, 3.05) is 37.2 Å². The van der Waals surface area contributed by atoms with Crippen LogP contribution in [0.4, 0.5) is 5.82 Å². The number of nitrogens with zero attached hydrogens (tertiary/aromatic N) is 5. The first-order chi connectivity index (χ1) is 11.0. The quantitative estimate of drug-likeness (QED) is 0.777. The van der Waals surface area contributed by atoms with E-state index in [0.717, 1.165) is 17.1 Å². The van der Waals surface area contributed by atoms with E-state index in [4.69, 9.17) is 0 Å². The number of amides is 2. The predicted octanol–water partition coefficient (Wildman–Crippen LogP) is 0.349. The second-order valence-corrected chi connectivity index (χ2v) is 7.08. The molecule has 1 atom stereocenters. The average molecular weight is 335 g/mol. The van der Waals surface area contributed by atoms with Crippen molar-refractivity contribution in [3.63, 3.8) is 0 Å². The molecule has 1 aromatic heterocycles. The zero-order chi connectivity index (χ0) is 16.6. The summed E-state index contributed by atoms with van der Waals surface area (Å²) in [6.45, 7) is 2.70. The Hall–Kier alpha value is -1.83. The Balaban J connectivity index is 1.77. The lowest BCUT2D eigenvalue weighted by Crippen LogP contribution is -2.49. The van der Waals surface area contributed by atoms with E-state index in [0.29, 0.717) is 31.1 Å². The Morgan fingerprint density at radius 3 is 2.83 bits per heavy atom. The van der Waals surface area contributed by atoms with E-state index >= 15 is 0 Å². The number of anilines is 1. The van der Waals surface area contributed by atoms with Crippen molar-refractivity contribution >= 4 is 29.4 Å². The van der Waals surface area contributed by atoms with Gasteiger partial charge in [-0.3, -0.25) is 9.59 Å². The molecule has 0 spiro atoms. The van der Waals surface area contributed by atoms with E-state index in [9.17, 15) is 9.59 Å². The van der Waals surface area contributed by atoms with E-state index in [2.05, 4.69) is 10.2 Å². The van der Waals surface area contributed by atoms with E-state index < -0.39 is 0 Å². The summed E-state index contributed by atoms with van der Waals surface area (Å²) in [5.41, 5.74) is 2.01. The molecule has 8 heteroatoms. The monoisotopic (exact) mass is 335 g/mol. The second-order valence-electron chi connectivity index (χ2n) is 6.08. The Bertz CT molecular complexity index is 636. The molecule has 1 saturated heterocycles. The largest absolute Gasteiger partial charge is 0.361 e. The van der Waals surface area contributed by atoms with Gasteiger partial charge in [-0.05, 0) is 11.6 Å². The van der Waals surface area contributed by atoms with Gasteiger partial charge in [-0.1, -0.05) is 0 Å². The smallest absolute Gasteiger partial charge is 0.246 e. The molecule has 7 nitrogen and oxygen atoms in total. The van der Waals surface area contributed by atoms with E-state index in [1.54, 1.807) is 16.7 Å². The Morgan fingerprint density at radius 2 is 2.13 bits per heavy atom. The zero-order valence-corrected chi connectivity index (χ0v) is 14.5. The topological polar surface area (TPSA) is 69.6 Å². The summed E-state index contributed by atoms with van der Waals surface area (Å²) >= 11 is 1.63. The van der Waals surface area contributed by atoms with Gasteiger partial charge in [-0.2, -0.15) is 5.10 Å². The summed E-state index contributed by atoms with van der Waals surface area (Å²) in [4.78, 5) is 29.9. The van der Waals surface area contributed by atoms with Crippen molar-refractivity contribution in [3.8, 4) is 0 Å². The number of thioether (sulfide) groups is 1. The normalized spacial score (nSPS) is 20.4. The molecule has 2 aliphatic heterocycles. The van der Waals surface area contributed by atoms with Gasteiger partial charge in [0.15, 0.2) is 5.82 Å². The van der Waals surface area contributed by atoms with Crippen molar-refractivity contribution < 1.29 is 9.59 Å². The average Bonchev–Trinajstić information content (AvgIpc) is 3.02. The van der Waals surface area contributed by atoms with Crippen molar-refractivity contribution in [2.45, 2.75) is 25.9 Å². The molecule has 0 N–H and O–H groups in total. The first-order valence-corrected chi connectivity index (χ1v) is 8.79. The van der Waals surface area contributed by atoms with Crippen LogP contribution in [0.3, 0.4) is 0 Å². The summed E-state index contributed by atoms with van der Waals surface area (Å²) in [6.07, 6.45) is 0.710. The first-order valence-electron chi connectivity index (χ1n) is 7.64. The fourth-order valence-electron chi connectivity index (χ4n) is 2.89. The Kier molecular flexibility index (Phi) is 4.43. The molecule has 0 radical (unpaired) electrons. The van der Waals surface area contributed by atoms with Gasteiger partial charge in [0.25, 0.3) is 0 Å². The summed E-state index contributed by atoms with van der Waals surface area (Å²) in [5, 5.41) is 8.47. The molecule has 23 heavy (non-hydrogen) atoms. The third kappa shape index (κ3) is 3.12. The van der Waals surface area contributed by atoms with Gasteiger partial charge in [0.1, 0.15) is 6.04 Å². The number of hydrogen-bond acceptors (Lipinski definition) is 6. The number of carbonyl (C=O) groups is 2. The van der Waals surface area contributed by atoms with Crippen molar-refractivity contribution in [1.82, 2.24) is 20.0 Å². The molecule has 3 rings (SSSR count). The van der Waals surface area contributed by atoms with Gasteiger partial charge in [0, 0.05) is 46.3 Å². The van der Waals surface area contributed by atoms with Gasteiger partial charge in [-0.25, -0.2) is 0 Å². The first kappa shape index (κ1) is 16.0. The summed E-state index contributed by atoms with van der Waals surface area (Å²) in [5.74, 6) is 2.08. The molecule has 0 aliphatic carbocycles. The van der Waals surface area contributed by atoms with E-state index in [-0.39, 0.29) is 17.9 Å².